The molecule has 2 aromatic rings. The fourth-order valence-corrected chi connectivity index (χ4v) is 3.04. The molecular formula is C20H29IN6O. The van der Waals surface area contributed by atoms with Gasteiger partial charge in [-0.1, -0.05) is 12.1 Å². The predicted molar refractivity (Wildman–Crippen MR) is 124 cm³/mol. The molecule has 28 heavy (non-hydrogen) atoms. The molecule has 1 N–H and O–H groups in total. The van der Waals surface area contributed by atoms with Gasteiger partial charge in [-0.05, 0) is 37.6 Å². The molecule has 0 radical (unpaired) electrons. The van der Waals surface area contributed by atoms with Crippen LogP contribution in [-0.4, -0.2) is 60.2 Å². The molecule has 0 saturated carbocycles. The summed E-state index contributed by atoms with van der Waals surface area (Å²) in [6.07, 6.45) is 3.76. The second-order valence-electron chi connectivity index (χ2n) is 6.73. The fourth-order valence-electron chi connectivity index (χ4n) is 3.04. The number of halogens is 1. The molecule has 1 saturated heterocycles. The third-order valence-corrected chi connectivity index (χ3v) is 4.37. The zero-order valence-corrected chi connectivity index (χ0v) is 19.0. The van der Waals surface area contributed by atoms with Gasteiger partial charge in [-0.25, -0.2) is 9.97 Å². The topological polar surface area (TPSA) is 65.9 Å². The standard InChI is InChI=1S/C20H28N6O.HI/c1-16(2)27-18-7-5-17(6-8-18)15-24-19(21-3)25-11-13-26(14-12-25)20-22-9-4-10-23-20;/h4-10,16H,11-15H2,1-3H3,(H,21,24);1H. The van der Waals surface area contributed by atoms with Crippen molar-refractivity contribution in [2.75, 3.05) is 38.1 Å². The molecule has 1 aromatic carbocycles. The Morgan fingerprint density at radius 3 is 2.32 bits per heavy atom. The van der Waals surface area contributed by atoms with Crippen molar-refractivity contribution in [2.45, 2.75) is 26.5 Å². The van der Waals surface area contributed by atoms with Gasteiger partial charge in [-0.2, -0.15) is 0 Å². The van der Waals surface area contributed by atoms with Crippen LogP contribution in [-0.2, 0) is 6.54 Å². The summed E-state index contributed by atoms with van der Waals surface area (Å²) in [6, 6.07) is 10.0. The van der Waals surface area contributed by atoms with Gasteiger partial charge in [0, 0.05) is 52.2 Å². The molecule has 0 atom stereocenters. The van der Waals surface area contributed by atoms with Crippen molar-refractivity contribution in [1.82, 2.24) is 20.2 Å². The highest BCUT2D eigenvalue weighted by molar-refractivity contribution is 14.0. The van der Waals surface area contributed by atoms with Gasteiger partial charge in [0.15, 0.2) is 5.96 Å². The van der Waals surface area contributed by atoms with Crippen molar-refractivity contribution < 1.29 is 4.74 Å². The zero-order valence-electron chi connectivity index (χ0n) is 16.7. The summed E-state index contributed by atoms with van der Waals surface area (Å²) in [5.41, 5.74) is 1.20. The summed E-state index contributed by atoms with van der Waals surface area (Å²) < 4.78 is 5.69. The number of benzene rings is 1. The minimum atomic E-state index is 0. The monoisotopic (exact) mass is 496 g/mol. The molecule has 0 spiro atoms. The Kier molecular flexibility index (Phi) is 8.75. The average molecular weight is 496 g/mol. The van der Waals surface area contributed by atoms with Crippen molar-refractivity contribution in [2.24, 2.45) is 4.99 Å². The van der Waals surface area contributed by atoms with Crippen LogP contribution in [0.3, 0.4) is 0 Å². The Labute approximate surface area is 184 Å². The largest absolute Gasteiger partial charge is 0.491 e. The van der Waals surface area contributed by atoms with Gasteiger partial charge in [0.05, 0.1) is 6.10 Å². The molecule has 7 nitrogen and oxygen atoms in total. The first-order chi connectivity index (χ1) is 13.2. The second-order valence-corrected chi connectivity index (χ2v) is 6.73. The van der Waals surface area contributed by atoms with Gasteiger partial charge in [0.1, 0.15) is 5.75 Å². The minimum Gasteiger partial charge on any atom is -0.491 e. The molecule has 1 fully saturated rings. The Hall–Kier alpha value is -2.10. The molecule has 8 heteroatoms. The Balaban J connectivity index is 0.00000280. The van der Waals surface area contributed by atoms with E-state index in [1.807, 2.05) is 39.1 Å². The summed E-state index contributed by atoms with van der Waals surface area (Å²) >= 11 is 0. The van der Waals surface area contributed by atoms with Crippen LogP contribution in [0.4, 0.5) is 5.95 Å². The summed E-state index contributed by atoms with van der Waals surface area (Å²) in [4.78, 5) is 17.6. The van der Waals surface area contributed by atoms with Gasteiger partial charge >= 0.3 is 0 Å². The molecule has 1 aliphatic heterocycles. The number of aromatic nitrogens is 2. The van der Waals surface area contributed by atoms with Crippen LogP contribution in [0.2, 0.25) is 0 Å². The third-order valence-electron chi connectivity index (χ3n) is 4.37. The van der Waals surface area contributed by atoms with Crippen molar-refractivity contribution >= 4 is 35.9 Å². The lowest BCUT2D eigenvalue weighted by atomic mass is 10.2. The first kappa shape index (κ1) is 22.2. The highest BCUT2D eigenvalue weighted by Crippen LogP contribution is 2.14. The quantitative estimate of drug-likeness (QED) is 0.390. The van der Waals surface area contributed by atoms with E-state index >= 15 is 0 Å². The maximum absolute atomic E-state index is 5.69. The van der Waals surface area contributed by atoms with E-state index < -0.39 is 0 Å². The number of aliphatic imine (C=N–C) groups is 1. The summed E-state index contributed by atoms with van der Waals surface area (Å²) in [5, 5.41) is 3.46. The van der Waals surface area contributed by atoms with E-state index in [-0.39, 0.29) is 30.1 Å². The highest BCUT2D eigenvalue weighted by Gasteiger charge is 2.20. The number of piperazine rings is 1. The SMILES string of the molecule is CN=C(NCc1ccc(OC(C)C)cc1)N1CCN(c2ncccn2)CC1.I. The normalized spacial score (nSPS) is 14.6. The molecule has 0 bridgehead atoms. The molecular weight excluding hydrogens is 467 g/mol. The van der Waals surface area contributed by atoms with Crippen LogP contribution >= 0.6 is 24.0 Å². The average Bonchev–Trinajstić information content (AvgIpc) is 2.70. The number of ether oxygens (including phenoxy) is 1. The number of hydrogen-bond acceptors (Lipinski definition) is 5. The van der Waals surface area contributed by atoms with E-state index in [0.717, 1.165) is 50.4 Å². The molecule has 152 valence electrons. The minimum absolute atomic E-state index is 0. The van der Waals surface area contributed by atoms with Crippen LogP contribution in [0.5, 0.6) is 5.75 Å². The molecule has 0 unspecified atom stereocenters. The highest BCUT2D eigenvalue weighted by atomic mass is 127. The first-order valence-corrected chi connectivity index (χ1v) is 9.39. The van der Waals surface area contributed by atoms with Crippen LogP contribution in [0.25, 0.3) is 0 Å². The number of rotatable bonds is 5. The number of hydrogen-bond donors (Lipinski definition) is 1. The maximum atomic E-state index is 5.69. The summed E-state index contributed by atoms with van der Waals surface area (Å²) in [5.74, 6) is 2.62. The zero-order chi connectivity index (χ0) is 19.1. The van der Waals surface area contributed by atoms with E-state index in [0.29, 0.717) is 0 Å². The van der Waals surface area contributed by atoms with Crippen LogP contribution < -0.4 is 15.0 Å². The third kappa shape index (κ3) is 6.22. The van der Waals surface area contributed by atoms with Gasteiger partial charge in [0.25, 0.3) is 0 Å². The van der Waals surface area contributed by atoms with E-state index in [9.17, 15) is 0 Å². The molecule has 3 rings (SSSR count). The van der Waals surface area contributed by atoms with Crippen molar-refractivity contribution in [1.29, 1.82) is 0 Å². The van der Waals surface area contributed by atoms with Gasteiger partial charge in [0.2, 0.25) is 5.95 Å². The Bertz CT molecular complexity index is 730. The first-order valence-electron chi connectivity index (χ1n) is 9.39. The number of nitrogens with zero attached hydrogens (tertiary/aromatic N) is 5. The van der Waals surface area contributed by atoms with E-state index in [4.69, 9.17) is 4.74 Å². The van der Waals surface area contributed by atoms with Crippen LogP contribution in [0, 0.1) is 0 Å². The van der Waals surface area contributed by atoms with E-state index in [1.54, 1.807) is 12.4 Å². The van der Waals surface area contributed by atoms with E-state index in [1.165, 1.54) is 5.56 Å². The smallest absolute Gasteiger partial charge is 0.225 e. The molecule has 0 aliphatic carbocycles. The van der Waals surface area contributed by atoms with Crippen molar-refractivity contribution in [3.8, 4) is 5.75 Å². The van der Waals surface area contributed by atoms with Gasteiger partial charge in [-0.15, -0.1) is 24.0 Å². The lowest BCUT2D eigenvalue weighted by Crippen LogP contribution is -2.52. The van der Waals surface area contributed by atoms with Gasteiger partial charge in [-0.3, -0.25) is 4.99 Å². The van der Waals surface area contributed by atoms with Crippen molar-refractivity contribution in [3.05, 3.63) is 48.3 Å². The van der Waals surface area contributed by atoms with E-state index in [2.05, 4.69) is 42.2 Å². The Morgan fingerprint density at radius 1 is 1.11 bits per heavy atom. The lowest BCUT2D eigenvalue weighted by Gasteiger charge is -2.36. The van der Waals surface area contributed by atoms with Crippen molar-refractivity contribution in [3.63, 3.8) is 0 Å². The van der Waals surface area contributed by atoms with Gasteiger partial charge < -0.3 is 19.9 Å². The molecule has 0 amide bonds. The van der Waals surface area contributed by atoms with Crippen LogP contribution in [0.1, 0.15) is 19.4 Å². The number of nitrogens with one attached hydrogen (secondary N) is 1. The second kappa shape index (κ2) is 11.0. The maximum Gasteiger partial charge on any atom is 0.225 e. The lowest BCUT2D eigenvalue weighted by molar-refractivity contribution is 0.242. The Morgan fingerprint density at radius 2 is 1.75 bits per heavy atom. The number of anilines is 1. The van der Waals surface area contributed by atoms with Crippen LogP contribution in [0.15, 0.2) is 47.7 Å². The molecule has 2 heterocycles. The number of guanidine groups is 1. The molecule has 1 aliphatic rings. The summed E-state index contributed by atoms with van der Waals surface area (Å²) in [6.45, 7) is 8.33. The summed E-state index contributed by atoms with van der Waals surface area (Å²) in [7, 11) is 1.83. The predicted octanol–water partition coefficient (Wildman–Crippen LogP) is 2.78. The molecule has 1 aromatic heterocycles. The fraction of sp³-hybridized carbons (Fsp3) is 0.450.